The van der Waals surface area contributed by atoms with E-state index in [2.05, 4.69) is 5.32 Å². The lowest BCUT2D eigenvalue weighted by molar-refractivity contribution is 0.0913. The number of benzene rings is 2. The van der Waals surface area contributed by atoms with Crippen LogP contribution in [0.4, 0.5) is 0 Å². The molecule has 0 aliphatic heterocycles. The Balaban J connectivity index is 1.87. The van der Waals surface area contributed by atoms with E-state index in [1.54, 1.807) is 31.4 Å². The molecule has 0 radical (unpaired) electrons. The Kier molecular flexibility index (Phi) is 6.90. The molecule has 7 nitrogen and oxygen atoms in total. The number of hydrogen-bond donors (Lipinski definition) is 1. The minimum absolute atomic E-state index is 0.00772. The average Bonchev–Trinajstić information content (AvgIpc) is 3.09. The Bertz CT molecular complexity index is 1180. The molecule has 0 aliphatic carbocycles. The van der Waals surface area contributed by atoms with Gasteiger partial charge in [-0.2, -0.15) is 0 Å². The molecule has 0 bridgehead atoms. The van der Waals surface area contributed by atoms with Gasteiger partial charge in [-0.15, -0.1) is 0 Å². The summed E-state index contributed by atoms with van der Waals surface area (Å²) in [5, 5.41) is 3.51. The Labute approximate surface area is 182 Å². The lowest BCUT2D eigenvalue weighted by Crippen LogP contribution is -2.27. The van der Waals surface area contributed by atoms with E-state index in [-0.39, 0.29) is 17.6 Å². The van der Waals surface area contributed by atoms with Crippen molar-refractivity contribution < 1.29 is 27.1 Å². The van der Waals surface area contributed by atoms with Crippen LogP contribution in [-0.4, -0.2) is 34.3 Å². The summed E-state index contributed by atoms with van der Waals surface area (Å²) in [6.45, 7) is 4.43. The predicted octanol–water partition coefficient (Wildman–Crippen LogP) is 4.27. The quantitative estimate of drug-likeness (QED) is 0.529. The van der Waals surface area contributed by atoms with Crippen molar-refractivity contribution in [3.05, 3.63) is 59.4 Å². The van der Waals surface area contributed by atoms with Gasteiger partial charge in [-0.05, 0) is 37.1 Å². The average molecular weight is 446 g/mol. The second-order valence-corrected chi connectivity index (χ2v) is 9.57. The molecule has 3 rings (SSSR count). The summed E-state index contributed by atoms with van der Waals surface area (Å²) >= 11 is 0. The van der Waals surface area contributed by atoms with Gasteiger partial charge in [0.25, 0.3) is 5.91 Å². The molecule has 166 valence electrons. The number of carbonyl (C=O) groups excluding carboxylic acids is 1. The lowest BCUT2D eigenvalue weighted by atomic mass is 10.1. The van der Waals surface area contributed by atoms with Crippen LogP contribution in [-0.2, 0) is 15.6 Å². The fourth-order valence-corrected chi connectivity index (χ4v) is 4.13. The molecule has 1 atom stereocenters. The van der Waals surface area contributed by atoms with Crippen molar-refractivity contribution in [2.45, 2.75) is 32.1 Å². The number of para-hydroxylation sites is 1. The van der Waals surface area contributed by atoms with Gasteiger partial charge < -0.3 is 19.2 Å². The minimum Gasteiger partial charge on any atom is -0.493 e. The maximum absolute atomic E-state index is 13.0. The molecule has 3 aromatic rings. The molecule has 31 heavy (non-hydrogen) atoms. The molecule has 1 aromatic heterocycles. The normalized spacial score (nSPS) is 12.5. The molecule has 1 amide bonds. The maximum Gasteiger partial charge on any atom is 0.287 e. The molecular formula is C23H27NO6S. The van der Waals surface area contributed by atoms with E-state index in [9.17, 15) is 13.2 Å². The highest BCUT2D eigenvalue weighted by Crippen LogP contribution is 2.31. The first kappa shape index (κ1) is 22.7. The first-order valence-electron chi connectivity index (χ1n) is 10.0. The first-order chi connectivity index (χ1) is 14.7. The summed E-state index contributed by atoms with van der Waals surface area (Å²) in [5.41, 5.74) is 1.65. The van der Waals surface area contributed by atoms with E-state index in [4.69, 9.17) is 13.9 Å². The van der Waals surface area contributed by atoms with Crippen LogP contribution in [0.3, 0.4) is 0 Å². The highest BCUT2D eigenvalue weighted by atomic mass is 32.2. The third-order valence-corrected chi connectivity index (χ3v) is 5.62. The van der Waals surface area contributed by atoms with Crippen molar-refractivity contribution in [3.8, 4) is 11.5 Å². The van der Waals surface area contributed by atoms with E-state index >= 15 is 0 Å². The van der Waals surface area contributed by atoms with E-state index in [0.29, 0.717) is 34.6 Å². The van der Waals surface area contributed by atoms with Crippen LogP contribution in [0.15, 0.2) is 46.9 Å². The summed E-state index contributed by atoms with van der Waals surface area (Å²) in [6, 6.07) is 12.1. The molecule has 1 N–H and O–H groups in total. The maximum atomic E-state index is 13.0. The largest absolute Gasteiger partial charge is 0.493 e. The Morgan fingerprint density at radius 3 is 2.58 bits per heavy atom. The Hall–Kier alpha value is -3.00. The zero-order valence-electron chi connectivity index (χ0n) is 18.1. The minimum atomic E-state index is -3.37. The van der Waals surface area contributed by atoms with Crippen LogP contribution in [0.1, 0.15) is 48.0 Å². The number of fused-ring (bicyclic) bond motifs is 1. The van der Waals surface area contributed by atoms with Crippen molar-refractivity contribution in [2.24, 2.45) is 0 Å². The standard InChI is InChI=1S/C23H27NO6S/c1-5-12-29-20-11-10-16(13-21(20)28-3)15(2)24-23(25)22-18(14-31(4,26)27)17-8-6-7-9-19(17)30-22/h6-11,13,15H,5,12,14H2,1-4H3,(H,24,25). The van der Waals surface area contributed by atoms with Crippen LogP contribution < -0.4 is 14.8 Å². The van der Waals surface area contributed by atoms with E-state index < -0.39 is 15.7 Å². The monoisotopic (exact) mass is 445 g/mol. The van der Waals surface area contributed by atoms with E-state index in [0.717, 1.165) is 18.2 Å². The topological polar surface area (TPSA) is 94.8 Å². The number of nitrogens with one attached hydrogen (secondary N) is 1. The van der Waals surface area contributed by atoms with Gasteiger partial charge in [0.2, 0.25) is 0 Å². The molecular weight excluding hydrogens is 418 g/mol. The van der Waals surface area contributed by atoms with E-state index in [1.165, 1.54) is 0 Å². The number of carbonyl (C=O) groups is 1. The van der Waals surface area contributed by atoms with Gasteiger partial charge in [-0.3, -0.25) is 4.79 Å². The van der Waals surface area contributed by atoms with Gasteiger partial charge in [0.1, 0.15) is 5.58 Å². The summed E-state index contributed by atoms with van der Waals surface area (Å²) < 4.78 is 40.7. The fraction of sp³-hybridized carbons (Fsp3) is 0.348. The van der Waals surface area contributed by atoms with Crippen LogP contribution >= 0.6 is 0 Å². The predicted molar refractivity (Wildman–Crippen MR) is 119 cm³/mol. The summed E-state index contributed by atoms with van der Waals surface area (Å²) in [5.74, 6) is 0.465. The zero-order valence-corrected chi connectivity index (χ0v) is 18.9. The number of rotatable bonds is 9. The van der Waals surface area contributed by atoms with Gasteiger partial charge in [0.05, 0.1) is 25.5 Å². The number of hydrogen-bond acceptors (Lipinski definition) is 6. The molecule has 1 unspecified atom stereocenters. The van der Waals surface area contributed by atoms with Crippen molar-refractivity contribution in [1.29, 1.82) is 0 Å². The highest BCUT2D eigenvalue weighted by molar-refractivity contribution is 7.89. The van der Waals surface area contributed by atoms with E-state index in [1.807, 2.05) is 32.0 Å². The molecule has 0 aliphatic rings. The van der Waals surface area contributed by atoms with Gasteiger partial charge in [-0.25, -0.2) is 8.42 Å². The molecule has 2 aromatic carbocycles. The summed E-state index contributed by atoms with van der Waals surface area (Å²) in [6.07, 6.45) is 2.01. The highest BCUT2D eigenvalue weighted by Gasteiger charge is 2.24. The van der Waals surface area contributed by atoms with Crippen LogP contribution in [0.2, 0.25) is 0 Å². The van der Waals surface area contributed by atoms with Crippen LogP contribution in [0, 0.1) is 0 Å². The van der Waals surface area contributed by atoms with Gasteiger partial charge in [-0.1, -0.05) is 31.2 Å². The zero-order chi connectivity index (χ0) is 22.6. The number of furan rings is 1. The number of ether oxygens (including phenoxy) is 2. The van der Waals surface area contributed by atoms with Gasteiger partial charge in [0, 0.05) is 17.2 Å². The third kappa shape index (κ3) is 5.38. The first-order valence-corrected chi connectivity index (χ1v) is 12.1. The molecule has 1 heterocycles. The smallest absolute Gasteiger partial charge is 0.287 e. The van der Waals surface area contributed by atoms with Crippen molar-refractivity contribution in [1.82, 2.24) is 5.32 Å². The molecule has 8 heteroatoms. The van der Waals surface area contributed by atoms with Crippen molar-refractivity contribution in [3.63, 3.8) is 0 Å². The van der Waals surface area contributed by atoms with Crippen molar-refractivity contribution in [2.75, 3.05) is 20.0 Å². The van der Waals surface area contributed by atoms with Crippen LogP contribution in [0.5, 0.6) is 11.5 Å². The number of sulfone groups is 1. The summed E-state index contributed by atoms with van der Waals surface area (Å²) in [7, 11) is -1.80. The third-order valence-electron chi connectivity index (χ3n) is 4.81. The van der Waals surface area contributed by atoms with Crippen LogP contribution in [0.25, 0.3) is 11.0 Å². The molecule has 0 saturated carbocycles. The summed E-state index contributed by atoms with van der Waals surface area (Å²) in [4.78, 5) is 13.0. The second-order valence-electron chi connectivity index (χ2n) is 7.43. The van der Waals surface area contributed by atoms with Crippen molar-refractivity contribution >= 4 is 26.7 Å². The van der Waals surface area contributed by atoms with Gasteiger partial charge >= 0.3 is 0 Å². The molecule has 0 saturated heterocycles. The molecule has 0 fully saturated rings. The SMILES string of the molecule is CCCOc1ccc(C(C)NC(=O)c2oc3ccccc3c2CS(C)(=O)=O)cc1OC. The molecule has 0 spiro atoms. The second kappa shape index (κ2) is 9.43. The lowest BCUT2D eigenvalue weighted by Gasteiger charge is -2.17. The van der Waals surface area contributed by atoms with Gasteiger partial charge in [0.15, 0.2) is 27.1 Å². The Morgan fingerprint density at radius 2 is 1.90 bits per heavy atom. The fourth-order valence-electron chi connectivity index (χ4n) is 3.32. The number of methoxy groups -OCH3 is 1. The number of amides is 1. The Morgan fingerprint density at radius 1 is 1.16 bits per heavy atom.